The fraction of sp³-hybridized carbons (Fsp3) is 0.727. The van der Waals surface area contributed by atoms with Crippen LogP contribution in [0.1, 0.15) is 32.6 Å². The van der Waals surface area contributed by atoms with Gasteiger partial charge in [-0.1, -0.05) is 0 Å². The molecule has 1 aliphatic heterocycles. The van der Waals surface area contributed by atoms with Crippen molar-refractivity contribution in [3.8, 4) is 0 Å². The SMILES string of the molecule is CC1=C(OS)C2(CCC(C(F)(F)F)CC2)NC1=O. The number of hydrogen-bond acceptors (Lipinski definition) is 3. The number of thiol groups is 1. The van der Waals surface area contributed by atoms with Crippen LogP contribution < -0.4 is 5.32 Å². The Morgan fingerprint density at radius 2 is 1.94 bits per heavy atom. The van der Waals surface area contributed by atoms with Gasteiger partial charge in [0.05, 0.1) is 17.0 Å². The minimum Gasteiger partial charge on any atom is -0.430 e. The summed E-state index contributed by atoms with van der Waals surface area (Å²) >= 11 is 3.71. The second-order valence-electron chi connectivity index (χ2n) is 4.90. The quantitative estimate of drug-likeness (QED) is 0.573. The Kier molecular flexibility index (Phi) is 3.29. The summed E-state index contributed by atoms with van der Waals surface area (Å²) in [5, 5.41) is 2.74. The molecule has 0 saturated heterocycles. The minimum absolute atomic E-state index is 0.00228. The van der Waals surface area contributed by atoms with Gasteiger partial charge < -0.3 is 9.50 Å². The van der Waals surface area contributed by atoms with Crippen molar-refractivity contribution in [3.63, 3.8) is 0 Å². The summed E-state index contributed by atoms with van der Waals surface area (Å²) in [5.41, 5.74) is -0.388. The molecule has 0 radical (unpaired) electrons. The zero-order valence-corrected chi connectivity index (χ0v) is 10.7. The van der Waals surface area contributed by atoms with Gasteiger partial charge in [-0.3, -0.25) is 4.79 Å². The lowest BCUT2D eigenvalue weighted by Crippen LogP contribution is -2.48. The number of carbonyl (C=O) groups is 1. The van der Waals surface area contributed by atoms with Crippen molar-refractivity contribution >= 4 is 18.8 Å². The summed E-state index contributed by atoms with van der Waals surface area (Å²) < 4.78 is 42.7. The Hall–Kier alpha value is -0.850. The molecular formula is C11H14F3NO2S. The Morgan fingerprint density at radius 1 is 1.39 bits per heavy atom. The number of alkyl halides is 3. The van der Waals surface area contributed by atoms with Gasteiger partial charge in [-0.15, -0.1) is 0 Å². The van der Waals surface area contributed by atoms with Crippen molar-refractivity contribution in [1.82, 2.24) is 5.32 Å². The first-order valence-electron chi connectivity index (χ1n) is 5.72. The van der Waals surface area contributed by atoms with Crippen LogP contribution in [0, 0.1) is 5.92 Å². The van der Waals surface area contributed by atoms with Gasteiger partial charge in [0, 0.05) is 12.9 Å². The number of hydrogen-bond donors (Lipinski definition) is 2. The van der Waals surface area contributed by atoms with Crippen LogP contribution in [0.5, 0.6) is 0 Å². The summed E-state index contributed by atoms with van der Waals surface area (Å²) in [6, 6.07) is 0. The third kappa shape index (κ3) is 2.08. The maximum atomic E-state index is 12.6. The number of amides is 1. The van der Waals surface area contributed by atoms with Crippen molar-refractivity contribution in [2.75, 3.05) is 0 Å². The van der Waals surface area contributed by atoms with Gasteiger partial charge in [-0.2, -0.15) is 13.2 Å². The molecule has 2 rings (SSSR count). The van der Waals surface area contributed by atoms with E-state index < -0.39 is 17.6 Å². The molecule has 18 heavy (non-hydrogen) atoms. The normalized spacial score (nSPS) is 32.9. The van der Waals surface area contributed by atoms with Crippen LogP contribution in [0.3, 0.4) is 0 Å². The molecule has 0 unspecified atom stereocenters. The van der Waals surface area contributed by atoms with E-state index in [1.54, 1.807) is 6.92 Å². The molecular weight excluding hydrogens is 267 g/mol. The van der Waals surface area contributed by atoms with Gasteiger partial charge in [0.2, 0.25) is 0 Å². The standard InChI is InChI=1S/C11H14F3NO2S/c1-6-8(17-18)10(15-9(6)16)4-2-7(3-5-10)11(12,13)14/h7,18H,2-5H2,1H3,(H,15,16). The second-order valence-corrected chi connectivity index (χ2v) is 5.08. The smallest absolute Gasteiger partial charge is 0.391 e. The highest BCUT2D eigenvalue weighted by Crippen LogP contribution is 2.46. The molecule has 2 aliphatic rings. The highest BCUT2D eigenvalue weighted by atomic mass is 32.1. The van der Waals surface area contributed by atoms with Gasteiger partial charge in [0.25, 0.3) is 5.91 Å². The van der Waals surface area contributed by atoms with Gasteiger partial charge in [-0.25, -0.2) is 0 Å². The largest absolute Gasteiger partial charge is 0.430 e. The van der Waals surface area contributed by atoms with Crippen LogP contribution in [-0.2, 0) is 8.98 Å². The predicted octanol–water partition coefficient (Wildman–Crippen LogP) is 2.74. The molecule has 1 aliphatic carbocycles. The van der Waals surface area contributed by atoms with E-state index in [0.29, 0.717) is 11.3 Å². The number of halogens is 3. The molecule has 0 bridgehead atoms. The number of carbonyl (C=O) groups excluding carboxylic acids is 1. The maximum Gasteiger partial charge on any atom is 0.391 e. The first-order chi connectivity index (χ1) is 8.30. The third-order valence-corrected chi connectivity index (χ3v) is 4.04. The van der Waals surface area contributed by atoms with Gasteiger partial charge in [-0.05, 0) is 32.6 Å². The molecule has 0 aromatic rings. The van der Waals surface area contributed by atoms with E-state index in [9.17, 15) is 18.0 Å². The average Bonchev–Trinajstić information content (AvgIpc) is 2.50. The van der Waals surface area contributed by atoms with Gasteiger partial charge in [0.15, 0.2) is 0 Å². The van der Waals surface area contributed by atoms with Crippen LogP contribution in [-0.4, -0.2) is 17.6 Å². The van der Waals surface area contributed by atoms with E-state index in [1.165, 1.54) is 0 Å². The lowest BCUT2D eigenvalue weighted by Gasteiger charge is -2.38. The minimum atomic E-state index is -4.16. The molecule has 1 amide bonds. The fourth-order valence-corrected chi connectivity index (χ4v) is 3.09. The van der Waals surface area contributed by atoms with E-state index in [2.05, 4.69) is 18.2 Å². The summed E-state index contributed by atoms with van der Waals surface area (Å²) in [6.45, 7) is 1.59. The van der Waals surface area contributed by atoms with E-state index in [-0.39, 0.29) is 31.6 Å². The number of nitrogens with one attached hydrogen (secondary N) is 1. The molecule has 0 atom stereocenters. The molecule has 0 aromatic heterocycles. The highest BCUT2D eigenvalue weighted by Gasteiger charge is 2.51. The lowest BCUT2D eigenvalue weighted by atomic mass is 9.75. The monoisotopic (exact) mass is 281 g/mol. The van der Waals surface area contributed by atoms with Crippen LogP contribution in [0.2, 0.25) is 0 Å². The summed E-state index contributed by atoms with van der Waals surface area (Å²) in [5.74, 6) is -1.21. The zero-order chi connectivity index (χ0) is 13.6. The van der Waals surface area contributed by atoms with Crippen molar-refractivity contribution in [3.05, 3.63) is 11.3 Å². The molecule has 102 valence electrons. The van der Waals surface area contributed by atoms with Crippen LogP contribution >= 0.6 is 12.9 Å². The third-order valence-electron chi connectivity index (χ3n) is 3.86. The van der Waals surface area contributed by atoms with Gasteiger partial charge >= 0.3 is 6.18 Å². The lowest BCUT2D eigenvalue weighted by molar-refractivity contribution is -0.184. The molecule has 1 spiro atoms. The first kappa shape index (κ1) is 13.6. The first-order valence-corrected chi connectivity index (χ1v) is 6.09. The van der Waals surface area contributed by atoms with Crippen molar-refractivity contribution < 1.29 is 22.1 Å². The average molecular weight is 281 g/mol. The summed E-state index contributed by atoms with van der Waals surface area (Å²) in [4.78, 5) is 11.6. The molecule has 1 saturated carbocycles. The zero-order valence-electron chi connectivity index (χ0n) is 9.80. The molecule has 3 nitrogen and oxygen atoms in total. The molecule has 0 aromatic carbocycles. The molecule has 1 N–H and O–H groups in total. The van der Waals surface area contributed by atoms with Crippen molar-refractivity contribution in [2.24, 2.45) is 5.92 Å². The summed E-state index contributed by atoms with van der Waals surface area (Å²) in [6.07, 6.45) is -3.70. The Labute approximate surface area is 108 Å². The fourth-order valence-electron chi connectivity index (χ4n) is 2.78. The van der Waals surface area contributed by atoms with E-state index in [1.807, 2.05) is 0 Å². The van der Waals surface area contributed by atoms with Crippen molar-refractivity contribution in [2.45, 2.75) is 44.3 Å². The maximum absolute atomic E-state index is 12.6. The van der Waals surface area contributed by atoms with Crippen LogP contribution in [0.4, 0.5) is 13.2 Å². The van der Waals surface area contributed by atoms with Crippen LogP contribution in [0.15, 0.2) is 11.3 Å². The number of rotatable bonds is 1. The molecule has 1 heterocycles. The highest BCUT2D eigenvalue weighted by molar-refractivity contribution is 7.75. The van der Waals surface area contributed by atoms with Crippen LogP contribution in [0.25, 0.3) is 0 Å². The van der Waals surface area contributed by atoms with E-state index in [4.69, 9.17) is 4.18 Å². The van der Waals surface area contributed by atoms with E-state index >= 15 is 0 Å². The van der Waals surface area contributed by atoms with E-state index in [0.717, 1.165) is 0 Å². The Bertz CT molecular complexity index is 398. The van der Waals surface area contributed by atoms with Crippen molar-refractivity contribution in [1.29, 1.82) is 0 Å². The Morgan fingerprint density at radius 3 is 2.39 bits per heavy atom. The summed E-state index contributed by atoms with van der Waals surface area (Å²) in [7, 11) is 0. The van der Waals surface area contributed by atoms with Gasteiger partial charge in [0.1, 0.15) is 5.76 Å². The molecule has 7 heteroatoms. The second kappa shape index (κ2) is 4.36. The topological polar surface area (TPSA) is 38.3 Å². The predicted molar refractivity (Wildman–Crippen MR) is 61.7 cm³/mol. The molecule has 1 fully saturated rings. The Balaban J connectivity index is 2.16.